The summed E-state index contributed by atoms with van der Waals surface area (Å²) in [5.74, 6) is 0.915. The third-order valence-electron chi connectivity index (χ3n) is 3.84. The summed E-state index contributed by atoms with van der Waals surface area (Å²) < 4.78 is 0. The van der Waals surface area contributed by atoms with E-state index in [0.717, 1.165) is 12.3 Å². The maximum absolute atomic E-state index is 4.12. The second-order valence-electron chi connectivity index (χ2n) is 5.56. The molecular formula is C17H35Li. The molecule has 0 saturated carbocycles. The van der Waals surface area contributed by atoms with Crippen LogP contribution in [0, 0.1) is 12.8 Å². The van der Waals surface area contributed by atoms with Gasteiger partial charge in [-0.2, -0.15) is 6.42 Å². The van der Waals surface area contributed by atoms with Crippen LogP contribution in [0.3, 0.4) is 0 Å². The minimum absolute atomic E-state index is 0. The Kier molecular flexibility index (Phi) is 20.4. The van der Waals surface area contributed by atoms with Crippen molar-refractivity contribution in [1.82, 2.24) is 0 Å². The van der Waals surface area contributed by atoms with E-state index in [1.165, 1.54) is 77.0 Å². The van der Waals surface area contributed by atoms with Crippen LogP contribution in [0.5, 0.6) is 0 Å². The number of rotatable bonds is 13. The van der Waals surface area contributed by atoms with Crippen LogP contribution >= 0.6 is 0 Å². The predicted octanol–water partition coefficient (Wildman–Crippen LogP) is 3.55. The van der Waals surface area contributed by atoms with Gasteiger partial charge in [0, 0.05) is 0 Å². The largest absolute Gasteiger partial charge is 1.00 e. The normalized spacial score (nSPS) is 10.7. The van der Waals surface area contributed by atoms with E-state index >= 15 is 0 Å². The molecule has 0 fully saturated rings. The van der Waals surface area contributed by atoms with Crippen molar-refractivity contribution in [2.24, 2.45) is 5.92 Å². The molecule has 0 bridgehead atoms. The molecule has 0 amide bonds. The van der Waals surface area contributed by atoms with E-state index in [1.54, 1.807) is 0 Å². The summed E-state index contributed by atoms with van der Waals surface area (Å²) in [6, 6.07) is 0. The van der Waals surface area contributed by atoms with Gasteiger partial charge in [0.05, 0.1) is 0 Å². The Morgan fingerprint density at radius 1 is 0.667 bits per heavy atom. The minimum atomic E-state index is 0. The number of hydrogen-bond acceptors (Lipinski definition) is 0. The van der Waals surface area contributed by atoms with Crippen LogP contribution in [0.25, 0.3) is 0 Å². The van der Waals surface area contributed by atoms with Crippen molar-refractivity contribution in [3.05, 3.63) is 6.92 Å². The molecule has 18 heavy (non-hydrogen) atoms. The first kappa shape index (κ1) is 20.9. The molecule has 0 rings (SSSR count). The predicted molar refractivity (Wildman–Crippen MR) is 80.2 cm³/mol. The molecule has 0 unspecified atom stereocenters. The first-order valence-corrected chi connectivity index (χ1v) is 8.14. The summed E-state index contributed by atoms with van der Waals surface area (Å²) in [6.45, 7) is 8.69. The second-order valence-corrected chi connectivity index (χ2v) is 5.56. The zero-order valence-electron chi connectivity index (χ0n) is 13.5. The first-order chi connectivity index (χ1) is 8.35. The van der Waals surface area contributed by atoms with Gasteiger partial charge in [0.1, 0.15) is 0 Å². The third-order valence-corrected chi connectivity index (χ3v) is 3.84. The van der Waals surface area contributed by atoms with Gasteiger partial charge in [0.15, 0.2) is 0 Å². The molecule has 0 radical (unpaired) electrons. The Bertz CT molecular complexity index is 120. The van der Waals surface area contributed by atoms with Gasteiger partial charge in [-0.05, 0) is 0 Å². The van der Waals surface area contributed by atoms with Gasteiger partial charge in [-0.25, -0.2) is 0 Å². The van der Waals surface area contributed by atoms with Gasteiger partial charge < -0.3 is 6.92 Å². The van der Waals surface area contributed by atoms with E-state index in [4.69, 9.17) is 0 Å². The summed E-state index contributed by atoms with van der Waals surface area (Å²) in [5.41, 5.74) is 0. The molecule has 0 heterocycles. The van der Waals surface area contributed by atoms with E-state index in [2.05, 4.69) is 20.8 Å². The Hall–Kier alpha value is 0.597. The molecule has 0 aliphatic heterocycles. The van der Waals surface area contributed by atoms with Crippen molar-refractivity contribution in [3.63, 3.8) is 0 Å². The Morgan fingerprint density at radius 3 is 1.39 bits per heavy atom. The SMILES string of the molecule is [CH2-]CC(CCCCCCC)CCCCCCC.[Li+]. The van der Waals surface area contributed by atoms with Gasteiger partial charge in [-0.15, -0.1) is 0 Å². The van der Waals surface area contributed by atoms with Crippen LogP contribution in [0.15, 0.2) is 0 Å². The molecule has 0 aromatic carbocycles. The molecule has 1 heteroatoms. The van der Waals surface area contributed by atoms with Gasteiger partial charge in [0.2, 0.25) is 0 Å². The van der Waals surface area contributed by atoms with Gasteiger partial charge in [0.25, 0.3) is 0 Å². The first-order valence-electron chi connectivity index (χ1n) is 8.14. The summed E-state index contributed by atoms with van der Waals surface area (Å²) in [5, 5.41) is 0. The van der Waals surface area contributed by atoms with Crippen molar-refractivity contribution in [2.45, 2.75) is 97.3 Å². The van der Waals surface area contributed by atoms with E-state index in [-0.39, 0.29) is 18.9 Å². The van der Waals surface area contributed by atoms with Crippen LogP contribution in [0.1, 0.15) is 97.3 Å². The maximum atomic E-state index is 4.12. The van der Waals surface area contributed by atoms with Gasteiger partial charge >= 0.3 is 18.9 Å². The number of hydrogen-bond donors (Lipinski definition) is 0. The molecule has 0 aliphatic carbocycles. The number of unbranched alkanes of at least 4 members (excludes halogenated alkanes) is 8. The molecule has 104 valence electrons. The minimum Gasteiger partial charge on any atom is -0.343 e. The molecule has 0 aliphatic rings. The average molecular weight is 246 g/mol. The molecule has 0 aromatic rings. The summed E-state index contributed by atoms with van der Waals surface area (Å²) in [4.78, 5) is 0. The summed E-state index contributed by atoms with van der Waals surface area (Å²) in [6.07, 6.45) is 18.2. The maximum Gasteiger partial charge on any atom is 1.00 e. The van der Waals surface area contributed by atoms with E-state index in [1.807, 2.05) is 0 Å². The molecule has 0 spiro atoms. The van der Waals surface area contributed by atoms with Crippen molar-refractivity contribution in [1.29, 1.82) is 0 Å². The van der Waals surface area contributed by atoms with Crippen LogP contribution in [0.4, 0.5) is 0 Å². The van der Waals surface area contributed by atoms with E-state index in [9.17, 15) is 0 Å². The van der Waals surface area contributed by atoms with Crippen LogP contribution < -0.4 is 18.9 Å². The van der Waals surface area contributed by atoms with Crippen molar-refractivity contribution in [3.8, 4) is 0 Å². The quantitative estimate of drug-likeness (QED) is 0.265. The summed E-state index contributed by atoms with van der Waals surface area (Å²) >= 11 is 0. The van der Waals surface area contributed by atoms with E-state index in [0.29, 0.717) is 0 Å². The molecular weight excluding hydrogens is 211 g/mol. The smallest absolute Gasteiger partial charge is 0.343 e. The van der Waals surface area contributed by atoms with Crippen molar-refractivity contribution >= 4 is 0 Å². The fourth-order valence-corrected chi connectivity index (χ4v) is 2.51. The third kappa shape index (κ3) is 14.7. The average Bonchev–Trinajstić information content (AvgIpc) is 2.36. The summed E-state index contributed by atoms with van der Waals surface area (Å²) in [7, 11) is 0. The Balaban J connectivity index is 0. The topological polar surface area (TPSA) is 0 Å². The molecule has 0 atom stereocenters. The molecule has 0 N–H and O–H groups in total. The van der Waals surface area contributed by atoms with Crippen molar-refractivity contribution in [2.75, 3.05) is 0 Å². The van der Waals surface area contributed by atoms with Crippen LogP contribution in [-0.4, -0.2) is 0 Å². The zero-order chi connectivity index (χ0) is 12.8. The molecule has 0 nitrogen and oxygen atoms in total. The second kappa shape index (κ2) is 17.6. The standard InChI is InChI=1S/C17H35.Li/c1-4-7-9-11-13-15-17(6-3)16-14-12-10-8-5-2;/h17H,3-16H2,1-2H3;/q-1;+1. The monoisotopic (exact) mass is 246 g/mol. The van der Waals surface area contributed by atoms with Crippen LogP contribution in [0.2, 0.25) is 0 Å². The fourth-order valence-electron chi connectivity index (χ4n) is 2.51. The van der Waals surface area contributed by atoms with E-state index < -0.39 is 0 Å². The Labute approximate surface area is 129 Å². The molecule has 0 aromatic heterocycles. The van der Waals surface area contributed by atoms with Crippen LogP contribution in [-0.2, 0) is 0 Å². The fraction of sp³-hybridized carbons (Fsp3) is 0.941. The van der Waals surface area contributed by atoms with Crippen molar-refractivity contribution < 1.29 is 18.9 Å². The Morgan fingerprint density at radius 2 is 1.06 bits per heavy atom. The van der Waals surface area contributed by atoms with Gasteiger partial charge in [-0.1, -0.05) is 96.8 Å². The van der Waals surface area contributed by atoms with Gasteiger partial charge in [-0.3, -0.25) is 0 Å². The molecule has 0 saturated heterocycles. The zero-order valence-corrected chi connectivity index (χ0v) is 13.5.